The van der Waals surface area contributed by atoms with Crippen LogP contribution < -0.4 is 0 Å². The van der Waals surface area contributed by atoms with Crippen molar-refractivity contribution in [2.24, 2.45) is 5.92 Å². The Hall–Kier alpha value is -3.07. The van der Waals surface area contributed by atoms with Gasteiger partial charge in [0.2, 0.25) is 0 Å². The molecule has 2 atom stereocenters. The second-order valence-corrected chi connectivity index (χ2v) is 11.0. The summed E-state index contributed by atoms with van der Waals surface area (Å²) in [4.78, 5) is 34.3. The number of alkyl halides is 3. The van der Waals surface area contributed by atoms with E-state index in [9.17, 15) is 22.8 Å². The summed E-state index contributed by atoms with van der Waals surface area (Å²) in [6, 6.07) is 12.3. The zero-order chi connectivity index (χ0) is 27.0. The number of benzene rings is 2. The number of amides is 3. The third-order valence-corrected chi connectivity index (χ3v) is 8.28. The number of likely N-dealkylation sites (N-methyl/N-ethyl adjacent to an activating group) is 2. The first-order valence-electron chi connectivity index (χ1n) is 13.4. The number of carbonyl (C=O) groups excluding carboxylic acids is 2. The van der Waals surface area contributed by atoms with Crippen LogP contribution in [0.2, 0.25) is 0 Å². The third-order valence-electron chi connectivity index (χ3n) is 8.28. The lowest BCUT2D eigenvalue weighted by molar-refractivity contribution is -0.137. The monoisotopic (exact) mass is 528 g/mol. The molecular weight excluding hydrogens is 493 g/mol. The molecule has 0 unspecified atom stereocenters. The van der Waals surface area contributed by atoms with Crippen LogP contribution in [-0.2, 0) is 6.18 Å². The summed E-state index contributed by atoms with van der Waals surface area (Å²) in [5.74, 6) is 0.699. The van der Waals surface area contributed by atoms with E-state index in [0.717, 1.165) is 56.1 Å². The molecule has 3 aliphatic rings. The molecule has 0 spiro atoms. The second kappa shape index (κ2) is 10.6. The molecule has 5 rings (SSSR count). The Bertz CT molecular complexity index is 1150. The highest BCUT2D eigenvalue weighted by Crippen LogP contribution is 2.32. The Labute approximate surface area is 222 Å². The molecule has 3 amide bonds. The smallest absolute Gasteiger partial charge is 0.337 e. The number of hydrogen-bond acceptors (Lipinski definition) is 3. The Kier molecular flexibility index (Phi) is 7.40. The lowest BCUT2D eigenvalue weighted by atomic mass is 10.0. The van der Waals surface area contributed by atoms with Gasteiger partial charge in [0.15, 0.2) is 0 Å². The standard InChI is InChI=1S/C29H35F3N4O2/c1-33(17-20-3-4-20)25-13-15-35(18-25)28(38)36-16-14-26(19-36)34(2)27(37)23-7-5-21(6-8-23)22-9-11-24(12-10-22)29(30,31)32/h5-12,20,25-26H,3-4,13-19H2,1-2H3/t25-,26+/m1/s1. The summed E-state index contributed by atoms with van der Waals surface area (Å²) >= 11 is 0. The Morgan fingerprint density at radius 1 is 0.816 bits per heavy atom. The van der Waals surface area contributed by atoms with Crippen LogP contribution in [0, 0.1) is 5.92 Å². The van der Waals surface area contributed by atoms with E-state index >= 15 is 0 Å². The Balaban J connectivity index is 1.14. The van der Waals surface area contributed by atoms with Crippen molar-refractivity contribution in [2.45, 2.75) is 43.9 Å². The molecule has 0 radical (unpaired) electrons. The topological polar surface area (TPSA) is 47.1 Å². The second-order valence-electron chi connectivity index (χ2n) is 11.0. The third kappa shape index (κ3) is 5.82. The number of urea groups is 1. The molecule has 0 bridgehead atoms. The van der Waals surface area contributed by atoms with E-state index in [-0.39, 0.29) is 18.0 Å². The summed E-state index contributed by atoms with van der Waals surface area (Å²) in [7, 11) is 3.93. The normalized spacial score (nSPS) is 21.8. The summed E-state index contributed by atoms with van der Waals surface area (Å²) < 4.78 is 38.5. The summed E-state index contributed by atoms with van der Waals surface area (Å²) in [5.41, 5.74) is 1.21. The summed E-state index contributed by atoms with van der Waals surface area (Å²) in [6.45, 7) is 3.82. The van der Waals surface area contributed by atoms with Crippen LogP contribution in [0.5, 0.6) is 0 Å². The number of nitrogens with zero attached hydrogens (tertiary/aromatic N) is 4. The van der Waals surface area contributed by atoms with Crippen LogP contribution in [-0.4, -0.2) is 90.4 Å². The van der Waals surface area contributed by atoms with Crippen molar-refractivity contribution in [1.82, 2.24) is 19.6 Å². The molecular formula is C29H35F3N4O2. The first-order valence-corrected chi connectivity index (χ1v) is 13.4. The van der Waals surface area contributed by atoms with Gasteiger partial charge in [0.1, 0.15) is 0 Å². The Morgan fingerprint density at radius 3 is 1.89 bits per heavy atom. The van der Waals surface area contributed by atoms with Gasteiger partial charge in [-0.1, -0.05) is 24.3 Å². The molecule has 6 nitrogen and oxygen atoms in total. The van der Waals surface area contributed by atoms with Gasteiger partial charge in [-0.2, -0.15) is 13.2 Å². The fourth-order valence-electron chi connectivity index (χ4n) is 5.59. The minimum Gasteiger partial charge on any atom is -0.337 e. The van der Waals surface area contributed by atoms with Gasteiger partial charge in [-0.15, -0.1) is 0 Å². The van der Waals surface area contributed by atoms with Crippen molar-refractivity contribution in [3.05, 3.63) is 59.7 Å². The van der Waals surface area contributed by atoms with Crippen LogP contribution in [0.25, 0.3) is 11.1 Å². The highest BCUT2D eigenvalue weighted by molar-refractivity contribution is 5.95. The van der Waals surface area contributed by atoms with E-state index < -0.39 is 11.7 Å². The van der Waals surface area contributed by atoms with Crippen molar-refractivity contribution in [3.8, 4) is 11.1 Å². The van der Waals surface area contributed by atoms with Crippen molar-refractivity contribution in [1.29, 1.82) is 0 Å². The first kappa shape index (κ1) is 26.5. The molecule has 2 aromatic carbocycles. The van der Waals surface area contributed by atoms with Gasteiger partial charge in [-0.3, -0.25) is 4.79 Å². The van der Waals surface area contributed by atoms with Crippen LogP contribution in [0.4, 0.5) is 18.0 Å². The molecule has 9 heteroatoms. The van der Waals surface area contributed by atoms with Crippen LogP contribution >= 0.6 is 0 Å². The fourth-order valence-corrected chi connectivity index (χ4v) is 5.59. The number of carbonyl (C=O) groups is 2. The van der Waals surface area contributed by atoms with Crippen molar-refractivity contribution < 1.29 is 22.8 Å². The zero-order valence-electron chi connectivity index (χ0n) is 22.0. The highest BCUT2D eigenvalue weighted by atomic mass is 19.4. The zero-order valence-corrected chi connectivity index (χ0v) is 22.0. The van der Waals surface area contributed by atoms with Crippen LogP contribution in [0.3, 0.4) is 0 Å². The minimum atomic E-state index is -4.37. The van der Waals surface area contributed by atoms with E-state index in [0.29, 0.717) is 30.3 Å². The number of likely N-dealkylation sites (tertiary alicyclic amines) is 2. The molecule has 0 N–H and O–H groups in total. The predicted molar refractivity (Wildman–Crippen MR) is 140 cm³/mol. The number of halogens is 3. The maximum atomic E-state index is 13.2. The van der Waals surface area contributed by atoms with Crippen LogP contribution in [0.1, 0.15) is 41.6 Å². The molecule has 3 fully saturated rings. The molecule has 2 saturated heterocycles. The van der Waals surface area contributed by atoms with Crippen molar-refractivity contribution in [2.75, 3.05) is 46.8 Å². The van der Waals surface area contributed by atoms with Gasteiger partial charge in [0.05, 0.1) is 11.6 Å². The maximum absolute atomic E-state index is 13.2. The highest BCUT2D eigenvalue weighted by Gasteiger charge is 2.37. The van der Waals surface area contributed by atoms with E-state index in [4.69, 9.17) is 0 Å². The quantitative estimate of drug-likeness (QED) is 0.527. The SMILES string of the molecule is CN(CC1CC1)[C@@H]1CCN(C(=O)N2CC[C@H](N(C)C(=O)c3ccc(-c4ccc(C(F)(F)F)cc4)cc3)C2)C1. The molecule has 2 heterocycles. The van der Waals surface area contributed by atoms with E-state index in [2.05, 4.69) is 11.9 Å². The van der Waals surface area contributed by atoms with E-state index in [1.165, 1.54) is 25.0 Å². The largest absolute Gasteiger partial charge is 0.416 e. The van der Waals surface area contributed by atoms with Gasteiger partial charge < -0.3 is 19.6 Å². The van der Waals surface area contributed by atoms with E-state index in [1.807, 2.05) is 9.80 Å². The summed E-state index contributed by atoms with van der Waals surface area (Å²) in [5, 5.41) is 0. The first-order chi connectivity index (χ1) is 18.1. The molecule has 38 heavy (non-hydrogen) atoms. The van der Waals surface area contributed by atoms with Gasteiger partial charge in [-0.25, -0.2) is 4.79 Å². The molecule has 2 aromatic rings. The number of hydrogen-bond donors (Lipinski definition) is 0. The average Bonchev–Trinajstić information content (AvgIpc) is 3.38. The molecule has 1 saturated carbocycles. The number of rotatable bonds is 6. The molecule has 1 aliphatic carbocycles. The van der Waals surface area contributed by atoms with E-state index in [1.54, 1.807) is 36.2 Å². The molecule has 0 aromatic heterocycles. The maximum Gasteiger partial charge on any atom is 0.416 e. The van der Waals surface area contributed by atoms with Gasteiger partial charge >= 0.3 is 12.2 Å². The lowest BCUT2D eigenvalue weighted by Crippen LogP contribution is -2.45. The average molecular weight is 529 g/mol. The van der Waals surface area contributed by atoms with Crippen LogP contribution in [0.15, 0.2) is 48.5 Å². The fraction of sp³-hybridized carbons (Fsp3) is 0.517. The predicted octanol–water partition coefficient (Wildman–Crippen LogP) is 5.05. The van der Waals surface area contributed by atoms with Crippen molar-refractivity contribution >= 4 is 11.9 Å². The van der Waals surface area contributed by atoms with Gasteiger partial charge in [0, 0.05) is 51.4 Å². The van der Waals surface area contributed by atoms with Gasteiger partial charge in [-0.05, 0) is 74.0 Å². The molecule has 2 aliphatic heterocycles. The lowest BCUT2D eigenvalue weighted by Gasteiger charge is -2.28. The van der Waals surface area contributed by atoms with Gasteiger partial charge in [0.25, 0.3) is 5.91 Å². The molecule has 204 valence electrons. The minimum absolute atomic E-state index is 0.0584. The summed E-state index contributed by atoms with van der Waals surface area (Å²) in [6.07, 6.45) is 0.0152. The Morgan fingerprint density at radius 2 is 1.34 bits per heavy atom. The van der Waals surface area contributed by atoms with Crippen molar-refractivity contribution in [3.63, 3.8) is 0 Å².